The molecule has 0 radical (unpaired) electrons. The Morgan fingerprint density at radius 2 is 1.89 bits per heavy atom. The van der Waals surface area contributed by atoms with E-state index < -0.39 is 5.82 Å². The summed E-state index contributed by atoms with van der Waals surface area (Å²) in [6.45, 7) is 0.832. The fourth-order valence-electron chi connectivity index (χ4n) is 2.39. The van der Waals surface area contributed by atoms with E-state index in [2.05, 4.69) is 15.3 Å². The monoisotopic (exact) mass is 413 g/mol. The van der Waals surface area contributed by atoms with Gasteiger partial charge in [0.05, 0.1) is 24.9 Å². The van der Waals surface area contributed by atoms with Crippen molar-refractivity contribution in [1.29, 1.82) is 0 Å². The lowest BCUT2D eigenvalue weighted by molar-refractivity contribution is 0.144. The van der Waals surface area contributed by atoms with Crippen molar-refractivity contribution in [2.75, 3.05) is 32.8 Å². The van der Waals surface area contributed by atoms with E-state index in [1.54, 1.807) is 38.5 Å². The van der Waals surface area contributed by atoms with Crippen LogP contribution in [0.3, 0.4) is 0 Å². The van der Waals surface area contributed by atoms with Gasteiger partial charge in [0.15, 0.2) is 11.5 Å². The summed E-state index contributed by atoms with van der Waals surface area (Å²) in [6.07, 6.45) is 1.39. The highest BCUT2D eigenvalue weighted by molar-refractivity contribution is 6.30. The van der Waals surface area contributed by atoms with Crippen LogP contribution in [0.25, 0.3) is 10.9 Å². The van der Waals surface area contributed by atoms with Crippen LogP contribution < -0.4 is 14.8 Å². The highest BCUT2D eigenvalue weighted by Crippen LogP contribution is 2.35. The van der Waals surface area contributed by atoms with Crippen molar-refractivity contribution in [2.24, 2.45) is 0 Å². The molecule has 0 unspecified atom stereocenters. The van der Waals surface area contributed by atoms with Gasteiger partial charge in [0.1, 0.15) is 24.6 Å². The second-order valence-electron chi connectivity index (χ2n) is 5.33. The van der Waals surface area contributed by atoms with E-state index in [0.29, 0.717) is 46.5 Å². The molecule has 1 heterocycles. The van der Waals surface area contributed by atoms with E-state index in [1.807, 2.05) is 0 Å². The van der Waals surface area contributed by atoms with Gasteiger partial charge in [0, 0.05) is 23.6 Å². The zero-order chi connectivity index (χ0) is 18.5. The lowest BCUT2D eigenvalue weighted by Gasteiger charge is -2.14. The number of methoxy groups -OCH3 is 2. The van der Waals surface area contributed by atoms with E-state index in [1.165, 1.54) is 12.4 Å². The first-order chi connectivity index (χ1) is 12.6. The van der Waals surface area contributed by atoms with Crippen LogP contribution in [0.15, 0.2) is 36.7 Å². The molecule has 0 bridgehead atoms. The van der Waals surface area contributed by atoms with Gasteiger partial charge in [-0.25, -0.2) is 14.4 Å². The van der Waals surface area contributed by atoms with Crippen molar-refractivity contribution in [3.63, 3.8) is 0 Å². The maximum Gasteiger partial charge on any atom is 0.163 e. The summed E-state index contributed by atoms with van der Waals surface area (Å²) >= 11 is 5.79. The standard InChI is InChI=1S/C18H17ClFN3O3.ClH/c1-24-5-6-26-17-9-15-12(8-16(17)25-2)18(22-10-21-15)23-14-4-3-11(19)7-13(14)20;/h3-4,7-10H,5-6H2,1-2H3,(H,21,22,23);1H. The van der Waals surface area contributed by atoms with Crippen molar-refractivity contribution in [3.8, 4) is 11.5 Å². The molecular weight excluding hydrogens is 396 g/mol. The minimum Gasteiger partial charge on any atom is -0.493 e. The van der Waals surface area contributed by atoms with Crippen molar-refractivity contribution in [3.05, 3.63) is 47.5 Å². The molecule has 0 saturated carbocycles. The third-order valence-corrected chi connectivity index (χ3v) is 3.89. The summed E-state index contributed by atoms with van der Waals surface area (Å²) < 4.78 is 30.1. The predicted octanol–water partition coefficient (Wildman–Crippen LogP) is 4.62. The van der Waals surface area contributed by atoms with Crippen molar-refractivity contribution < 1.29 is 18.6 Å². The minimum absolute atomic E-state index is 0. The summed E-state index contributed by atoms with van der Waals surface area (Å²) in [6, 6.07) is 7.86. The molecule has 0 atom stereocenters. The number of aromatic nitrogens is 2. The van der Waals surface area contributed by atoms with E-state index in [9.17, 15) is 4.39 Å². The number of benzene rings is 2. The molecule has 1 N–H and O–H groups in total. The number of nitrogens with zero attached hydrogens (tertiary/aromatic N) is 2. The highest BCUT2D eigenvalue weighted by atomic mass is 35.5. The predicted molar refractivity (Wildman–Crippen MR) is 105 cm³/mol. The number of fused-ring (bicyclic) bond motifs is 1. The lowest BCUT2D eigenvalue weighted by atomic mass is 10.2. The Labute approximate surface area is 167 Å². The second-order valence-corrected chi connectivity index (χ2v) is 5.77. The van der Waals surface area contributed by atoms with Gasteiger partial charge in [0.25, 0.3) is 0 Å². The molecule has 0 aliphatic carbocycles. The Balaban J connectivity index is 0.00000261. The first kappa shape index (κ1) is 21.0. The maximum absolute atomic E-state index is 14.1. The summed E-state index contributed by atoms with van der Waals surface area (Å²) in [5.74, 6) is 1.02. The average Bonchev–Trinajstić information content (AvgIpc) is 2.64. The fraction of sp³-hybridized carbons (Fsp3) is 0.222. The van der Waals surface area contributed by atoms with Crippen LogP contribution in [0.4, 0.5) is 15.9 Å². The van der Waals surface area contributed by atoms with Gasteiger partial charge in [-0.3, -0.25) is 0 Å². The molecule has 27 heavy (non-hydrogen) atoms. The highest BCUT2D eigenvalue weighted by Gasteiger charge is 2.13. The molecule has 6 nitrogen and oxygen atoms in total. The summed E-state index contributed by atoms with van der Waals surface area (Å²) in [5.41, 5.74) is 0.888. The molecule has 3 aromatic rings. The van der Waals surface area contributed by atoms with E-state index >= 15 is 0 Å². The number of halogens is 3. The zero-order valence-electron chi connectivity index (χ0n) is 14.7. The fourth-order valence-corrected chi connectivity index (χ4v) is 2.55. The second kappa shape index (κ2) is 9.55. The molecule has 0 spiro atoms. The summed E-state index contributed by atoms with van der Waals surface area (Å²) in [7, 11) is 3.14. The van der Waals surface area contributed by atoms with Gasteiger partial charge in [0.2, 0.25) is 0 Å². The van der Waals surface area contributed by atoms with Gasteiger partial charge >= 0.3 is 0 Å². The molecule has 0 amide bonds. The van der Waals surface area contributed by atoms with Gasteiger partial charge in [-0.1, -0.05) is 11.6 Å². The summed E-state index contributed by atoms with van der Waals surface area (Å²) in [5, 5.41) is 3.95. The van der Waals surface area contributed by atoms with Crippen molar-refractivity contribution in [2.45, 2.75) is 0 Å². The van der Waals surface area contributed by atoms with Crippen LogP contribution in [-0.4, -0.2) is 37.4 Å². The normalized spacial score (nSPS) is 10.4. The Hall–Kier alpha value is -2.35. The number of nitrogens with one attached hydrogen (secondary N) is 1. The smallest absolute Gasteiger partial charge is 0.163 e. The Morgan fingerprint density at radius 1 is 1.07 bits per heavy atom. The number of hydrogen-bond donors (Lipinski definition) is 1. The molecule has 9 heteroatoms. The number of anilines is 2. The summed E-state index contributed by atoms with van der Waals surface area (Å²) in [4.78, 5) is 8.46. The van der Waals surface area contributed by atoms with Gasteiger partial charge < -0.3 is 19.5 Å². The molecule has 0 aliphatic rings. The molecule has 0 saturated heterocycles. The molecule has 1 aromatic heterocycles. The van der Waals surface area contributed by atoms with Crippen LogP contribution >= 0.6 is 24.0 Å². The van der Waals surface area contributed by atoms with Gasteiger partial charge in [-0.2, -0.15) is 0 Å². The third kappa shape index (κ3) is 4.88. The van der Waals surface area contributed by atoms with Crippen molar-refractivity contribution in [1.82, 2.24) is 9.97 Å². The first-order valence-corrected chi connectivity index (χ1v) is 8.16. The Kier molecular flexibility index (Phi) is 7.41. The van der Waals surface area contributed by atoms with Crippen molar-refractivity contribution >= 4 is 46.4 Å². The van der Waals surface area contributed by atoms with E-state index in [0.717, 1.165) is 0 Å². The van der Waals surface area contributed by atoms with Crippen LogP contribution in [0.2, 0.25) is 5.02 Å². The molecule has 144 valence electrons. The number of ether oxygens (including phenoxy) is 3. The topological polar surface area (TPSA) is 65.5 Å². The number of hydrogen-bond acceptors (Lipinski definition) is 6. The van der Waals surface area contributed by atoms with Gasteiger partial charge in [-0.05, 0) is 24.3 Å². The van der Waals surface area contributed by atoms with E-state index in [4.69, 9.17) is 25.8 Å². The first-order valence-electron chi connectivity index (χ1n) is 7.79. The zero-order valence-corrected chi connectivity index (χ0v) is 16.2. The van der Waals surface area contributed by atoms with Gasteiger partial charge in [-0.15, -0.1) is 12.4 Å². The minimum atomic E-state index is -0.476. The van der Waals surface area contributed by atoms with Crippen LogP contribution in [-0.2, 0) is 4.74 Å². The van der Waals surface area contributed by atoms with Crippen LogP contribution in [0.1, 0.15) is 0 Å². The van der Waals surface area contributed by atoms with Crippen LogP contribution in [0, 0.1) is 5.82 Å². The number of rotatable bonds is 7. The maximum atomic E-state index is 14.1. The largest absolute Gasteiger partial charge is 0.493 e. The molecule has 3 rings (SSSR count). The third-order valence-electron chi connectivity index (χ3n) is 3.65. The Bertz CT molecular complexity index is 928. The molecule has 2 aromatic carbocycles. The van der Waals surface area contributed by atoms with Crippen LogP contribution in [0.5, 0.6) is 11.5 Å². The molecule has 0 aliphatic heterocycles. The SMILES string of the molecule is COCCOc1cc2ncnc(Nc3ccc(Cl)cc3F)c2cc1OC.Cl. The Morgan fingerprint density at radius 3 is 2.59 bits per heavy atom. The van der Waals surface area contributed by atoms with E-state index in [-0.39, 0.29) is 18.1 Å². The lowest BCUT2D eigenvalue weighted by Crippen LogP contribution is -2.05. The molecular formula is C18H18Cl2FN3O3. The average molecular weight is 414 g/mol. The quantitative estimate of drug-likeness (QED) is 0.569. The molecule has 0 fully saturated rings.